The second-order valence-corrected chi connectivity index (χ2v) is 5.04. The Morgan fingerprint density at radius 1 is 1.10 bits per heavy atom. The van der Waals surface area contributed by atoms with Gasteiger partial charge in [0.25, 0.3) is 0 Å². The van der Waals surface area contributed by atoms with Crippen molar-refractivity contribution in [1.82, 2.24) is 4.98 Å². The third-order valence-corrected chi connectivity index (χ3v) is 3.51. The van der Waals surface area contributed by atoms with Crippen LogP contribution in [-0.2, 0) is 0 Å². The quantitative estimate of drug-likeness (QED) is 0.670. The van der Waals surface area contributed by atoms with Crippen LogP contribution in [0.15, 0.2) is 61.2 Å². The van der Waals surface area contributed by atoms with Crippen LogP contribution >= 0.6 is 0 Å². The molecule has 3 aromatic rings. The highest BCUT2D eigenvalue weighted by Gasteiger charge is 2.07. The second-order valence-electron chi connectivity index (χ2n) is 5.04. The van der Waals surface area contributed by atoms with Crippen molar-refractivity contribution in [1.29, 1.82) is 5.26 Å². The summed E-state index contributed by atoms with van der Waals surface area (Å²) in [5.74, 6) is 0. The molecule has 21 heavy (non-hydrogen) atoms. The van der Waals surface area contributed by atoms with Gasteiger partial charge in [0, 0.05) is 10.9 Å². The lowest BCUT2D eigenvalue weighted by Crippen LogP contribution is -1.89. The van der Waals surface area contributed by atoms with E-state index in [-0.39, 0.29) is 0 Å². The lowest BCUT2D eigenvalue weighted by atomic mass is 10.0. The van der Waals surface area contributed by atoms with Gasteiger partial charge in [-0.25, -0.2) is 4.98 Å². The fourth-order valence-corrected chi connectivity index (χ4v) is 2.34. The number of fused-ring (bicyclic) bond motifs is 1. The highest BCUT2D eigenvalue weighted by atomic mass is 14.7. The molecule has 0 saturated heterocycles. The summed E-state index contributed by atoms with van der Waals surface area (Å²) in [6.45, 7) is 5.92. The molecule has 1 aromatic heterocycles. The SMILES string of the molecule is C=C(C)c1ccc(-c2cc(C#N)c3ccccc3n2)cc1. The number of nitrogens with zero attached hydrogens (tertiary/aromatic N) is 2. The summed E-state index contributed by atoms with van der Waals surface area (Å²) in [6, 6.07) is 19.9. The van der Waals surface area contributed by atoms with E-state index in [2.05, 4.69) is 17.6 Å². The molecule has 0 amide bonds. The average molecular weight is 270 g/mol. The van der Waals surface area contributed by atoms with Gasteiger partial charge in [-0.15, -0.1) is 0 Å². The maximum absolute atomic E-state index is 9.33. The minimum Gasteiger partial charge on any atom is -0.248 e. The summed E-state index contributed by atoms with van der Waals surface area (Å²) < 4.78 is 0. The van der Waals surface area contributed by atoms with Crippen molar-refractivity contribution >= 4 is 16.5 Å². The van der Waals surface area contributed by atoms with Gasteiger partial charge in [-0.05, 0) is 24.6 Å². The van der Waals surface area contributed by atoms with Gasteiger partial charge in [0.15, 0.2) is 0 Å². The van der Waals surface area contributed by atoms with Crippen LogP contribution in [0.4, 0.5) is 0 Å². The van der Waals surface area contributed by atoms with Crippen LogP contribution < -0.4 is 0 Å². The van der Waals surface area contributed by atoms with Crippen molar-refractivity contribution in [2.24, 2.45) is 0 Å². The Bertz CT molecular complexity index is 868. The highest BCUT2D eigenvalue weighted by molar-refractivity contribution is 5.87. The molecule has 1 heterocycles. The Hall–Kier alpha value is -2.92. The molecule has 0 aliphatic carbocycles. The van der Waals surface area contributed by atoms with Crippen LogP contribution in [0.3, 0.4) is 0 Å². The molecule has 0 spiro atoms. The molecule has 2 nitrogen and oxygen atoms in total. The first-order valence-electron chi connectivity index (χ1n) is 6.75. The lowest BCUT2D eigenvalue weighted by Gasteiger charge is -2.06. The number of para-hydroxylation sites is 1. The van der Waals surface area contributed by atoms with Gasteiger partial charge in [-0.1, -0.05) is 54.6 Å². The van der Waals surface area contributed by atoms with Gasteiger partial charge in [-0.3, -0.25) is 0 Å². The Balaban J connectivity index is 2.16. The van der Waals surface area contributed by atoms with E-state index in [0.29, 0.717) is 5.56 Å². The van der Waals surface area contributed by atoms with Gasteiger partial charge in [-0.2, -0.15) is 5.26 Å². The van der Waals surface area contributed by atoms with E-state index in [4.69, 9.17) is 0 Å². The standard InChI is InChI=1S/C19H14N2/c1-13(2)14-7-9-15(10-8-14)19-11-16(12-20)17-5-3-4-6-18(17)21-19/h3-11H,1H2,2H3. The van der Waals surface area contributed by atoms with Gasteiger partial charge < -0.3 is 0 Å². The Kier molecular flexibility index (Phi) is 3.25. The molecule has 0 N–H and O–H groups in total. The number of hydrogen-bond acceptors (Lipinski definition) is 2. The first-order valence-corrected chi connectivity index (χ1v) is 6.75. The van der Waals surface area contributed by atoms with Crippen LogP contribution in [0.25, 0.3) is 27.7 Å². The molecule has 3 rings (SSSR count). The zero-order chi connectivity index (χ0) is 14.8. The van der Waals surface area contributed by atoms with Gasteiger partial charge in [0.2, 0.25) is 0 Å². The van der Waals surface area contributed by atoms with E-state index in [1.54, 1.807) is 0 Å². The maximum atomic E-state index is 9.33. The van der Waals surface area contributed by atoms with E-state index < -0.39 is 0 Å². The summed E-state index contributed by atoms with van der Waals surface area (Å²) in [6.07, 6.45) is 0. The fraction of sp³-hybridized carbons (Fsp3) is 0.0526. The van der Waals surface area contributed by atoms with E-state index in [9.17, 15) is 5.26 Å². The zero-order valence-electron chi connectivity index (χ0n) is 11.8. The highest BCUT2D eigenvalue weighted by Crippen LogP contribution is 2.25. The fourth-order valence-electron chi connectivity index (χ4n) is 2.34. The van der Waals surface area contributed by atoms with Crippen LogP contribution in [0.1, 0.15) is 18.1 Å². The zero-order valence-corrected chi connectivity index (χ0v) is 11.8. The summed E-state index contributed by atoms with van der Waals surface area (Å²) in [4.78, 5) is 4.66. The van der Waals surface area contributed by atoms with Crippen molar-refractivity contribution < 1.29 is 0 Å². The van der Waals surface area contributed by atoms with Crippen LogP contribution in [0.5, 0.6) is 0 Å². The first-order chi connectivity index (χ1) is 10.2. The third-order valence-electron chi connectivity index (χ3n) is 3.51. The van der Waals surface area contributed by atoms with E-state index in [1.165, 1.54) is 0 Å². The van der Waals surface area contributed by atoms with Crippen molar-refractivity contribution in [3.05, 3.63) is 72.3 Å². The minimum atomic E-state index is 0.652. The number of pyridine rings is 1. The number of aromatic nitrogens is 1. The Labute approximate surface area is 124 Å². The predicted octanol–water partition coefficient (Wildman–Crippen LogP) is 4.81. The summed E-state index contributed by atoms with van der Waals surface area (Å²) >= 11 is 0. The van der Waals surface area contributed by atoms with E-state index >= 15 is 0 Å². The number of benzene rings is 2. The predicted molar refractivity (Wildman–Crippen MR) is 86.6 cm³/mol. The van der Waals surface area contributed by atoms with Crippen molar-refractivity contribution in [2.75, 3.05) is 0 Å². The van der Waals surface area contributed by atoms with Crippen LogP contribution in [-0.4, -0.2) is 4.98 Å². The molecule has 0 atom stereocenters. The van der Waals surface area contributed by atoms with Crippen LogP contribution in [0.2, 0.25) is 0 Å². The van der Waals surface area contributed by atoms with Gasteiger partial charge in [0.05, 0.1) is 22.8 Å². The van der Waals surface area contributed by atoms with E-state index in [0.717, 1.165) is 33.3 Å². The van der Waals surface area contributed by atoms with E-state index in [1.807, 2.05) is 61.5 Å². The smallest absolute Gasteiger partial charge is 0.0999 e. The lowest BCUT2D eigenvalue weighted by molar-refractivity contribution is 1.38. The molecular formula is C19H14N2. The van der Waals surface area contributed by atoms with Gasteiger partial charge >= 0.3 is 0 Å². The van der Waals surface area contributed by atoms with Crippen molar-refractivity contribution in [3.8, 4) is 17.3 Å². The molecular weight excluding hydrogens is 256 g/mol. The molecule has 2 aromatic carbocycles. The van der Waals surface area contributed by atoms with Crippen molar-refractivity contribution in [3.63, 3.8) is 0 Å². The Morgan fingerprint density at radius 2 is 1.81 bits per heavy atom. The molecule has 100 valence electrons. The van der Waals surface area contributed by atoms with Crippen LogP contribution in [0, 0.1) is 11.3 Å². The Morgan fingerprint density at radius 3 is 2.48 bits per heavy atom. The monoisotopic (exact) mass is 270 g/mol. The number of allylic oxidation sites excluding steroid dienone is 1. The van der Waals surface area contributed by atoms with Gasteiger partial charge in [0.1, 0.15) is 0 Å². The number of nitriles is 1. The summed E-state index contributed by atoms with van der Waals surface area (Å²) in [7, 11) is 0. The summed E-state index contributed by atoms with van der Waals surface area (Å²) in [5, 5.41) is 10.2. The molecule has 0 radical (unpaired) electrons. The molecule has 0 unspecified atom stereocenters. The normalized spacial score (nSPS) is 10.3. The largest absolute Gasteiger partial charge is 0.248 e. The third kappa shape index (κ3) is 2.42. The second kappa shape index (κ2) is 5.22. The number of rotatable bonds is 2. The molecule has 0 aliphatic heterocycles. The molecule has 0 aliphatic rings. The molecule has 0 saturated carbocycles. The average Bonchev–Trinajstić information content (AvgIpc) is 2.53. The molecule has 0 bridgehead atoms. The minimum absolute atomic E-state index is 0.652. The van der Waals surface area contributed by atoms with Crippen molar-refractivity contribution in [2.45, 2.75) is 6.92 Å². The molecule has 0 fully saturated rings. The maximum Gasteiger partial charge on any atom is 0.0999 e. The first kappa shape index (κ1) is 13.1. The topological polar surface area (TPSA) is 36.7 Å². The molecule has 2 heteroatoms. The summed E-state index contributed by atoms with van der Waals surface area (Å²) in [5.41, 5.74) is 5.46. The number of hydrogen-bond donors (Lipinski definition) is 0.